The maximum absolute atomic E-state index is 13.0. The Morgan fingerprint density at radius 2 is 1.94 bits per heavy atom. The second-order valence-corrected chi connectivity index (χ2v) is 9.91. The molecule has 1 aliphatic heterocycles. The third-order valence-electron chi connectivity index (χ3n) is 6.02. The molecule has 2 aromatic carbocycles. The molecular formula is C25H29N3O2S. The Kier molecular flexibility index (Phi) is 6.80. The molecule has 0 radical (unpaired) electrons. The lowest BCUT2D eigenvalue weighted by Gasteiger charge is -2.22. The van der Waals surface area contributed by atoms with Crippen molar-refractivity contribution in [2.45, 2.75) is 43.7 Å². The average Bonchev–Trinajstić information content (AvgIpc) is 3.22. The number of nitrogens with zero attached hydrogens (tertiary/aromatic N) is 2. The van der Waals surface area contributed by atoms with Gasteiger partial charge in [0.2, 0.25) is 10.0 Å². The second-order valence-electron chi connectivity index (χ2n) is 8.15. The van der Waals surface area contributed by atoms with Gasteiger partial charge in [-0.05, 0) is 73.2 Å². The van der Waals surface area contributed by atoms with Gasteiger partial charge >= 0.3 is 0 Å². The summed E-state index contributed by atoms with van der Waals surface area (Å²) in [6.45, 7) is 4.55. The molecule has 0 aliphatic carbocycles. The second kappa shape index (κ2) is 9.73. The lowest BCUT2D eigenvalue weighted by molar-refractivity contribution is 0.272. The van der Waals surface area contributed by atoms with E-state index in [9.17, 15) is 8.42 Å². The third kappa shape index (κ3) is 5.39. The summed E-state index contributed by atoms with van der Waals surface area (Å²) >= 11 is 0. The summed E-state index contributed by atoms with van der Waals surface area (Å²) in [6.07, 6.45) is 6.63. The van der Waals surface area contributed by atoms with E-state index in [0.717, 1.165) is 41.8 Å². The number of hydrogen-bond donors (Lipinski definition) is 1. The molecule has 5 nitrogen and oxygen atoms in total. The van der Waals surface area contributed by atoms with Gasteiger partial charge in [-0.25, -0.2) is 13.1 Å². The Morgan fingerprint density at radius 3 is 2.65 bits per heavy atom. The number of rotatable bonds is 8. The van der Waals surface area contributed by atoms with Crippen LogP contribution in [0.15, 0.2) is 78.0 Å². The predicted octanol–water partition coefficient (Wildman–Crippen LogP) is 4.25. The molecule has 1 unspecified atom stereocenters. The lowest BCUT2D eigenvalue weighted by atomic mass is 9.97. The van der Waals surface area contributed by atoms with Crippen LogP contribution in [0.2, 0.25) is 0 Å². The first kappa shape index (κ1) is 21.7. The van der Waals surface area contributed by atoms with Crippen molar-refractivity contribution in [2.75, 3.05) is 13.1 Å². The van der Waals surface area contributed by atoms with Crippen LogP contribution >= 0.6 is 0 Å². The molecule has 0 amide bonds. The molecule has 31 heavy (non-hydrogen) atoms. The zero-order valence-corrected chi connectivity index (χ0v) is 18.7. The van der Waals surface area contributed by atoms with Crippen LogP contribution in [0.1, 0.15) is 30.9 Å². The van der Waals surface area contributed by atoms with E-state index < -0.39 is 10.0 Å². The predicted molar refractivity (Wildman–Crippen MR) is 124 cm³/mol. The number of pyridine rings is 1. The van der Waals surface area contributed by atoms with Gasteiger partial charge in [-0.1, -0.05) is 42.5 Å². The van der Waals surface area contributed by atoms with Gasteiger partial charge in [-0.15, -0.1) is 0 Å². The molecule has 1 aliphatic rings. The van der Waals surface area contributed by atoms with Crippen LogP contribution in [0.5, 0.6) is 0 Å². The largest absolute Gasteiger partial charge is 0.300 e. The molecule has 0 saturated carbocycles. The zero-order valence-electron chi connectivity index (χ0n) is 17.9. The molecule has 0 spiro atoms. The van der Waals surface area contributed by atoms with Crippen LogP contribution in [0.25, 0.3) is 11.1 Å². The van der Waals surface area contributed by atoms with Crippen molar-refractivity contribution in [2.24, 2.45) is 0 Å². The van der Waals surface area contributed by atoms with Crippen LogP contribution in [-0.4, -0.2) is 37.4 Å². The highest BCUT2D eigenvalue weighted by molar-refractivity contribution is 7.89. The molecule has 6 heteroatoms. The van der Waals surface area contributed by atoms with Gasteiger partial charge in [0.05, 0.1) is 4.90 Å². The highest BCUT2D eigenvalue weighted by Gasteiger charge is 2.21. The van der Waals surface area contributed by atoms with Crippen molar-refractivity contribution in [1.82, 2.24) is 14.6 Å². The lowest BCUT2D eigenvalue weighted by Crippen LogP contribution is -2.29. The first-order valence-electron chi connectivity index (χ1n) is 10.8. The molecule has 1 fully saturated rings. The molecule has 3 aromatic rings. The van der Waals surface area contributed by atoms with Crippen LogP contribution < -0.4 is 4.72 Å². The summed E-state index contributed by atoms with van der Waals surface area (Å²) in [5.41, 5.74) is 4.10. The highest BCUT2D eigenvalue weighted by Crippen LogP contribution is 2.28. The summed E-state index contributed by atoms with van der Waals surface area (Å²) in [6, 6.07) is 19.9. The molecule has 162 valence electrons. The number of likely N-dealkylation sites (tertiary alicyclic amines) is 1. The molecule has 1 N–H and O–H groups in total. The maximum atomic E-state index is 13.0. The minimum Gasteiger partial charge on any atom is -0.300 e. The standard InChI is InChI=1S/C25H29N3O2S/c1-20-7-6-15-28(20)16-13-23-17-24(11-12-25(23)22-9-3-2-4-10-22)31(29,30)27-19-21-8-5-14-26-18-21/h2-5,8-12,14,17-18,20,27H,6-7,13,15-16,19H2,1H3. The molecule has 0 bridgehead atoms. The summed E-state index contributed by atoms with van der Waals surface area (Å²) in [5, 5.41) is 0. The highest BCUT2D eigenvalue weighted by atomic mass is 32.2. The summed E-state index contributed by atoms with van der Waals surface area (Å²) in [7, 11) is -3.62. The van der Waals surface area contributed by atoms with Gasteiger partial charge in [-0.2, -0.15) is 0 Å². The molecule has 1 saturated heterocycles. The Bertz CT molecular complexity index is 1100. The fourth-order valence-corrected chi connectivity index (χ4v) is 5.26. The van der Waals surface area contributed by atoms with E-state index in [1.807, 2.05) is 36.4 Å². The van der Waals surface area contributed by atoms with Gasteiger partial charge in [0.1, 0.15) is 0 Å². The van der Waals surface area contributed by atoms with Crippen LogP contribution in [-0.2, 0) is 23.0 Å². The Hall–Kier alpha value is -2.54. The minimum atomic E-state index is -3.62. The summed E-state index contributed by atoms with van der Waals surface area (Å²) < 4.78 is 28.7. The third-order valence-corrected chi connectivity index (χ3v) is 7.42. The van der Waals surface area contributed by atoms with Gasteiger partial charge in [0.25, 0.3) is 0 Å². The molecule has 2 heterocycles. The fraction of sp³-hybridized carbons (Fsp3) is 0.320. The Labute approximate surface area is 185 Å². The molecular weight excluding hydrogens is 406 g/mol. The minimum absolute atomic E-state index is 0.219. The summed E-state index contributed by atoms with van der Waals surface area (Å²) in [4.78, 5) is 6.85. The topological polar surface area (TPSA) is 62.3 Å². The fourth-order valence-electron chi connectivity index (χ4n) is 4.20. The van der Waals surface area contributed by atoms with Crippen LogP contribution in [0, 0.1) is 0 Å². The molecule has 4 rings (SSSR count). The monoisotopic (exact) mass is 435 g/mol. The SMILES string of the molecule is CC1CCCN1CCc1cc(S(=O)(=O)NCc2cccnc2)ccc1-c1ccccc1. The first-order chi connectivity index (χ1) is 15.0. The molecule has 1 aromatic heterocycles. The van der Waals surface area contributed by atoms with Gasteiger partial charge in [0, 0.05) is 31.5 Å². The van der Waals surface area contributed by atoms with Crippen molar-refractivity contribution in [3.63, 3.8) is 0 Å². The number of hydrogen-bond acceptors (Lipinski definition) is 4. The van der Waals surface area contributed by atoms with E-state index in [2.05, 4.69) is 33.7 Å². The quantitative estimate of drug-likeness (QED) is 0.574. The van der Waals surface area contributed by atoms with Gasteiger partial charge < -0.3 is 4.90 Å². The van der Waals surface area contributed by atoms with Crippen LogP contribution in [0.3, 0.4) is 0 Å². The zero-order chi connectivity index (χ0) is 21.7. The first-order valence-corrected chi connectivity index (χ1v) is 12.3. The molecule has 1 atom stereocenters. The van der Waals surface area contributed by atoms with E-state index in [-0.39, 0.29) is 6.54 Å². The maximum Gasteiger partial charge on any atom is 0.240 e. The van der Waals surface area contributed by atoms with Gasteiger partial charge in [0.15, 0.2) is 0 Å². The number of nitrogens with one attached hydrogen (secondary N) is 1. The smallest absolute Gasteiger partial charge is 0.240 e. The van der Waals surface area contributed by atoms with Crippen molar-refractivity contribution >= 4 is 10.0 Å². The van der Waals surface area contributed by atoms with Crippen molar-refractivity contribution in [3.8, 4) is 11.1 Å². The van der Waals surface area contributed by atoms with E-state index in [4.69, 9.17) is 0 Å². The summed E-state index contributed by atoms with van der Waals surface area (Å²) in [5.74, 6) is 0. The van der Waals surface area contributed by atoms with Crippen molar-refractivity contribution in [1.29, 1.82) is 0 Å². The normalized spacial score (nSPS) is 17.1. The Balaban J connectivity index is 1.59. The van der Waals surface area contributed by atoms with Gasteiger partial charge in [-0.3, -0.25) is 4.98 Å². The van der Waals surface area contributed by atoms with Crippen molar-refractivity contribution < 1.29 is 8.42 Å². The van der Waals surface area contributed by atoms with E-state index in [1.165, 1.54) is 12.8 Å². The van der Waals surface area contributed by atoms with Crippen LogP contribution in [0.4, 0.5) is 0 Å². The van der Waals surface area contributed by atoms with E-state index in [1.54, 1.807) is 24.5 Å². The van der Waals surface area contributed by atoms with E-state index >= 15 is 0 Å². The Morgan fingerprint density at radius 1 is 1.10 bits per heavy atom. The number of benzene rings is 2. The van der Waals surface area contributed by atoms with Crippen molar-refractivity contribution in [3.05, 3.63) is 84.2 Å². The average molecular weight is 436 g/mol. The van der Waals surface area contributed by atoms with E-state index in [0.29, 0.717) is 10.9 Å². The number of aromatic nitrogens is 1. The number of sulfonamides is 1.